The molecule has 2 aromatic carbocycles. The second-order valence-corrected chi connectivity index (χ2v) is 6.62. The molecule has 1 aliphatic rings. The van der Waals surface area contributed by atoms with E-state index < -0.39 is 0 Å². The summed E-state index contributed by atoms with van der Waals surface area (Å²) in [4.78, 5) is 2.16. The maximum Gasteiger partial charge on any atom is 0.134 e. The zero-order valence-electron chi connectivity index (χ0n) is 12.2. The lowest BCUT2D eigenvalue weighted by Crippen LogP contribution is -2.28. The van der Waals surface area contributed by atoms with Crippen molar-refractivity contribution in [1.82, 2.24) is 0 Å². The van der Waals surface area contributed by atoms with Gasteiger partial charge in [-0.15, -0.1) is 0 Å². The van der Waals surface area contributed by atoms with E-state index in [-0.39, 0.29) is 5.82 Å². The Morgan fingerprint density at radius 2 is 2.14 bits per heavy atom. The van der Waals surface area contributed by atoms with Gasteiger partial charge in [0.25, 0.3) is 0 Å². The van der Waals surface area contributed by atoms with Crippen LogP contribution in [0.3, 0.4) is 0 Å². The summed E-state index contributed by atoms with van der Waals surface area (Å²) in [5.41, 5.74) is 3.70. The molecule has 0 unspecified atom stereocenters. The summed E-state index contributed by atoms with van der Waals surface area (Å²) in [6.07, 6.45) is 4.00. The molecule has 0 radical (unpaired) electrons. The molecule has 0 N–H and O–H groups in total. The molecule has 0 aliphatic carbocycles. The Labute approximate surface area is 143 Å². The maximum atomic E-state index is 14.3. The lowest BCUT2D eigenvalue weighted by atomic mass is 9.99. The van der Waals surface area contributed by atoms with Gasteiger partial charge in [-0.2, -0.15) is 0 Å². The van der Waals surface area contributed by atoms with E-state index in [9.17, 15) is 4.39 Å². The quantitative estimate of drug-likeness (QED) is 0.612. The molecule has 0 amide bonds. The molecule has 3 rings (SSSR count). The zero-order chi connectivity index (χ0) is 15.7. The van der Waals surface area contributed by atoms with Crippen molar-refractivity contribution in [3.05, 3.63) is 68.9 Å². The highest BCUT2D eigenvalue weighted by atomic mass is 79.9. The fourth-order valence-corrected chi connectivity index (χ4v) is 3.66. The summed E-state index contributed by atoms with van der Waals surface area (Å²) in [7, 11) is 0. The lowest BCUT2D eigenvalue weighted by molar-refractivity contribution is 0.622. The number of hydrogen-bond acceptors (Lipinski definition) is 1. The van der Waals surface area contributed by atoms with Crippen LogP contribution in [0.5, 0.6) is 0 Å². The van der Waals surface area contributed by atoms with Crippen LogP contribution in [0.15, 0.2) is 46.9 Å². The Morgan fingerprint density at radius 3 is 2.86 bits per heavy atom. The predicted molar refractivity (Wildman–Crippen MR) is 94.9 cm³/mol. The Bertz CT molecular complexity index is 722. The summed E-state index contributed by atoms with van der Waals surface area (Å²) in [5.74, 6) is -0.287. The molecule has 1 heterocycles. The summed E-state index contributed by atoms with van der Waals surface area (Å²) in [5, 5.41) is 0.442. The number of anilines is 1. The highest BCUT2D eigenvalue weighted by molar-refractivity contribution is 9.10. The monoisotopic (exact) mass is 379 g/mol. The summed E-state index contributed by atoms with van der Waals surface area (Å²) < 4.78 is 15.4. The number of halogens is 3. The maximum absolute atomic E-state index is 14.3. The standard InChI is InChI=1S/C18H16BrClFN/c1-2-16(18-14(20)6-3-7-15(18)21)22-10-4-5-12-11-13(19)8-9-17(12)22/h2-3,6-9,11H,4-5,10H2,1H3/b16-2+. The average Bonchev–Trinajstić information content (AvgIpc) is 2.50. The van der Waals surface area contributed by atoms with Gasteiger partial charge in [0, 0.05) is 22.4 Å². The van der Waals surface area contributed by atoms with Crippen molar-refractivity contribution in [1.29, 1.82) is 0 Å². The number of allylic oxidation sites excluding steroid dienone is 1. The van der Waals surface area contributed by atoms with E-state index in [0.29, 0.717) is 10.6 Å². The third-order valence-corrected chi connectivity index (χ3v) is 4.75. The largest absolute Gasteiger partial charge is 0.341 e. The number of rotatable bonds is 2. The molecule has 0 saturated heterocycles. The van der Waals surface area contributed by atoms with Crippen LogP contribution in [0.1, 0.15) is 24.5 Å². The molecule has 0 fully saturated rings. The molecular weight excluding hydrogens is 365 g/mol. The van der Waals surface area contributed by atoms with Gasteiger partial charge < -0.3 is 4.90 Å². The Kier molecular flexibility index (Phi) is 4.55. The fraction of sp³-hybridized carbons (Fsp3) is 0.222. The van der Waals surface area contributed by atoms with Crippen LogP contribution < -0.4 is 4.90 Å². The molecule has 1 nitrogen and oxygen atoms in total. The van der Waals surface area contributed by atoms with Crippen LogP contribution in [0.4, 0.5) is 10.1 Å². The van der Waals surface area contributed by atoms with Gasteiger partial charge in [-0.3, -0.25) is 0 Å². The molecule has 4 heteroatoms. The fourth-order valence-electron chi connectivity index (χ4n) is 2.99. The highest BCUT2D eigenvalue weighted by Gasteiger charge is 2.23. The number of benzene rings is 2. The first kappa shape index (κ1) is 15.6. The minimum absolute atomic E-state index is 0.287. The minimum atomic E-state index is -0.287. The van der Waals surface area contributed by atoms with Crippen molar-refractivity contribution in [2.24, 2.45) is 0 Å². The van der Waals surface area contributed by atoms with Crippen molar-refractivity contribution in [3.8, 4) is 0 Å². The van der Waals surface area contributed by atoms with Crippen LogP contribution in [-0.4, -0.2) is 6.54 Å². The van der Waals surface area contributed by atoms with Gasteiger partial charge in [-0.25, -0.2) is 4.39 Å². The number of fused-ring (bicyclic) bond motifs is 1. The van der Waals surface area contributed by atoms with E-state index in [0.717, 1.165) is 35.2 Å². The van der Waals surface area contributed by atoms with Crippen molar-refractivity contribution >= 4 is 38.9 Å². The molecule has 1 aliphatic heterocycles. The Balaban J connectivity index is 2.11. The van der Waals surface area contributed by atoms with Crippen LogP contribution in [-0.2, 0) is 6.42 Å². The topological polar surface area (TPSA) is 3.24 Å². The lowest BCUT2D eigenvalue weighted by Gasteiger charge is -2.34. The van der Waals surface area contributed by atoms with Gasteiger partial charge in [-0.1, -0.05) is 39.7 Å². The first-order chi connectivity index (χ1) is 10.6. The van der Waals surface area contributed by atoms with E-state index >= 15 is 0 Å². The van der Waals surface area contributed by atoms with E-state index in [1.54, 1.807) is 12.1 Å². The minimum Gasteiger partial charge on any atom is -0.341 e. The van der Waals surface area contributed by atoms with Crippen LogP contribution in [0, 0.1) is 5.82 Å². The number of hydrogen-bond donors (Lipinski definition) is 0. The summed E-state index contributed by atoms with van der Waals surface area (Å²) in [6, 6.07) is 11.1. The van der Waals surface area contributed by atoms with Gasteiger partial charge in [0.2, 0.25) is 0 Å². The SMILES string of the molecule is C/C=C(\c1c(F)cccc1Cl)N1CCCc2cc(Br)ccc21. The van der Waals surface area contributed by atoms with Gasteiger partial charge in [0.15, 0.2) is 0 Å². The summed E-state index contributed by atoms with van der Waals surface area (Å²) in [6.45, 7) is 2.78. The molecule has 0 spiro atoms. The van der Waals surface area contributed by atoms with Gasteiger partial charge in [0.05, 0.1) is 10.6 Å². The van der Waals surface area contributed by atoms with Gasteiger partial charge in [0.1, 0.15) is 5.82 Å². The average molecular weight is 381 g/mol. The van der Waals surface area contributed by atoms with Crippen molar-refractivity contribution in [3.63, 3.8) is 0 Å². The van der Waals surface area contributed by atoms with Crippen molar-refractivity contribution in [2.75, 3.05) is 11.4 Å². The van der Waals surface area contributed by atoms with Crippen LogP contribution >= 0.6 is 27.5 Å². The van der Waals surface area contributed by atoms with E-state index in [2.05, 4.69) is 33.0 Å². The molecule has 22 heavy (non-hydrogen) atoms. The molecule has 0 bridgehead atoms. The molecule has 0 saturated carbocycles. The molecule has 114 valence electrons. The Hall–Kier alpha value is -1.32. The van der Waals surface area contributed by atoms with E-state index in [4.69, 9.17) is 11.6 Å². The highest BCUT2D eigenvalue weighted by Crippen LogP contribution is 2.37. The second-order valence-electron chi connectivity index (χ2n) is 5.30. The van der Waals surface area contributed by atoms with Crippen molar-refractivity contribution < 1.29 is 4.39 Å². The Morgan fingerprint density at radius 1 is 1.32 bits per heavy atom. The molecular formula is C18H16BrClFN. The smallest absolute Gasteiger partial charge is 0.134 e. The first-order valence-corrected chi connectivity index (χ1v) is 8.45. The first-order valence-electron chi connectivity index (χ1n) is 7.28. The van der Waals surface area contributed by atoms with Gasteiger partial charge in [-0.05, 0) is 55.7 Å². The van der Waals surface area contributed by atoms with Gasteiger partial charge >= 0.3 is 0 Å². The molecule has 2 aromatic rings. The zero-order valence-corrected chi connectivity index (χ0v) is 14.6. The normalized spacial score (nSPS) is 14.9. The van der Waals surface area contributed by atoms with E-state index in [1.807, 2.05) is 19.1 Å². The van der Waals surface area contributed by atoms with Crippen LogP contribution in [0.25, 0.3) is 5.70 Å². The third-order valence-electron chi connectivity index (χ3n) is 3.94. The second kappa shape index (κ2) is 6.43. The van der Waals surface area contributed by atoms with E-state index in [1.165, 1.54) is 11.6 Å². The number of nitrogens with zero attached hydrogens (tertiary/aromatic N) is 1. The molecule has 0 aromatic heterocycles. The predicted octanol–water partition coefficient (Wildman–Crippen LogP) is 6.06. The summed E-state index contributed by atoms with van der Waals surface area (Å²) >= 11 is 9.78. The third kappa shape index (κ3) is 2.80. The van der Waals surface area contributed by atoms with Crippen LogP contribution in [0.2, 0.25) is 5.02 Å². The molecule has 0 atom stereocenters. The number of aryl methyl sites for hydroxylation is 1. The van der Waals surface area contributed by atoms with Crippen molar-refractivity contribution in [2.45, 2.75) is 19.8 Å².